The van der Waals surface area contributed by atoms with Gasteiger partial charge in [0.25, 0.3) is 0 Å². The summed E-state index contributed by atoms with van der Waals surface area (Å²) in [6.07, 6.45) is 0. The molecule has 2 rings (SSSR count). The Morgan fingerprint density at radius 2 is 2.31 bits per heavy atom. The zero-order chi connectivity index (χ0) is 11.5. The Morgan fingerprint density at radius 1 is 1.50 bits per heavy atom. The first-order valence-corrected chi connectivity index (χ1v) is 5.72. The minimum absolute atomic E-state index is 0.102. The van der Waals surface area contributed by atoms with Crippen molar-refractivity contribution < 1.29 is 8.94 Å². The van der Waals surface area contributed by atoms with Gasteiger partial charge in [-0.05, 0) is 35.0 Å². The summed E-state index contributed by atoms with van der Waals surface area (Å²) in [5.41, 5.74) is 0. The van der Waals surface area contributed by atoms with Crippen molar-refractivity contribution in [3.05, 3.63) is 34.3 Å². The third kappa shape index (κ3) is 2.70. The number of hydrogen-bond donors (Lipinski definition) is 1. The van der Waals surface area contributed by atoms with E-state index in [1.165, 1.54) is 0 Å². The summed E-state index contributed by atoms with van der Waals surface area (Å²) in [5, 5.41) is 7.04. The van der Waals surface area contributed by atoms with Crippen molar-refractivity contribution in [2.45, 2.75) is 26.4 Å². The van der Waals surface area contributed by atoms with Gasteiger partial charge in [0.1, 0.15) is 5.76 Å². The van der Waals surface area contributed by atoms with E-state index in [9.17, 15) is 0 Å². The summed E-state index contributed by atoms with van der Waals surface area (Å²) in [5.74, 6) is 2.09. The fourth-order valence-electron chi connectivity index (χ4n) is 1.32. The van der Waals surface area contributed by atoms with Crippen molar-refractivity contribution in [1.82, 2.24) is 15.5 Å². The van der Waals surface area contributed by atoms with Crippen LogP contribution in [0.2, 0.25) is 0 Å². The molecule has 0 spiro atoms. The molecule has 86 valence electrons. The third-order valence-electron chi connectivity index (χ3n) is 2.16. The first kappa shape index (κ1) is 11.3. The molecule has 0 aliphatic heterocycles. The van der Waals surface area contributed by atoms with Crippen molar-refractivity contribution >= 4 is 15.9 Å². The number of aromatic nitrogens is 2. The highest BCUT2D eigenvalue weighted by Gasteiger charge is 2.10. The number of furan rings is 1. The van der Waals surface area contributed by atoms with Crippen LogP contribution < -0.4 is 5.32 Å². The maximum absolute atomic E-state index is 5.43. The summed E-state index contributed by atoms with van der Waals surface area (Å²) < 4.78 is 11.0. The van der Waals surface area contributed by atoms with E-state index < -0.39 is 0 Å². The molecule has 2 aromatic heterocycles. The molecule has 0 saturated heterocycles. The Hall–Kier alpha value is -1.14. The summed E-state index contributed by atoms with van der Waals surface area (Å²) in [6, 6.07) is 3.89. The second kappa shape index (κ2) is 4.80. The molecule has 16 heavy (non-hydrogen) atoms. The van der Waals surface area contributed by atoms with Crippen LogP contribution >= 0.6 is 15.9 Å². The van der Waals surface area contributed by atoms with Crippen LogP contribution in [-0.2, 0) is 6.54 Å². The Balaban J connectivity index is 1.91. The molecular weight excluding hydrogens is 274 g/mol. The van der Waals surface area contributed by atoms with Crippen LogP contribution in [0, 0.1) is 6.92 Å². The van der Waals surface area contributed by atoms with Gasteiger partial charge in [0.05, 0.1) is 12.6 Å². The van der Waals surface area contributed by atoms with Crippen molar-refractivity contribution in [2.24, 2.45) is 0 Å². The van der Waals surface area contributed by atoms with E-state index in [2.05, 4.69) is 31.4 Å². The molecule has 1 atom stereocenters. The van der Waals surface area contributed by atoms with E-state index in [4.69, 9.17) is 8.94 Å². The highest BCUT2D eigenvalue weighted by atomic mass is 79.9. The van der Waals surface area contributed by atoms with E-state index in [0.29, 0.717) is 18.3 Å². The lowest BCUT2D eigenvalue weighted by atomic mass is 10.2. The lowest BCUT2D eigenvalue weighted by Crippen LogP contribution is -2.18. The van der Waals surface area contributed by atoms with Crippen LogP contribution in [0.1, 0.15) is 30.4 Å². The van der Waals surface area contributed by atoms with Gasteiger partial charge in [-0.3, -0.25) is 0 Å². The second-order valence-corrected chi connectivity index (χ2v) is 4.26. The molecule has 1 N–H and O–H groups in total. The molecule has 2 heterocycles. The largest absolute Gasteiger partial charge is 0.453 e. The van der Waals surface area contributed by atoms with Gasteiger partial charge in [0, 0.05) is 6.92 Å². The van der Waals surface area contributed by atoms with Crippen molar-refractivity contribution in [1.29, 1.82) is 0 Å². The van der Waals surface area contributed by atoms with Gasteiger partial charge < -0.3 is 14.3 Å². The monoisotopic (exact) mass is 285 g/mol. The van der Waals surface area contributed by atoms with E-state index >= 15 is 0 Å². The van der Waals surface area contributed by atoms with Crippen molar-refractivity contribution in [3.63, 3.8) is 0 Å². The molecule has 0 saturated carbocycles. The smallest absolute Gasteiger partial charge is 0.223 e. The number of hydrogen-bond acceptors (Lipinski definition) is 5. The highest BCUT2D eigenvalue weighted by Crippen LogP contribution is 2.20. The fraction of sp³-hybridized carbons (Fsp3) is 0.400. The standard InChI is InChI=1S/C10H12BrN3O2/c1-6(8-3-4-9(11)15-8)12-5-10-13-7(2)16-14-10/h3-4,6,12H,5H2,1-2H3. The average molecular weight is 286 g/mol. The Bertz CT molecular complexity index is 466. The van der Waals surface area contributed by atoms with Gasteiger partial charge in [-0.25, -0.2) is 0 Å². The molecule has 1 unspecified atom stereocenters. The van der Waals surface area contributed by atoms with Crippen LogP contribution in [0.15, 0.2) is 25.7 Å². The minimum Gasteiger partial charge on any atom is -0.453 e. The topological polar surface area (TPSA) is 64.1 Å². The number of rotatable bonds is 4. The predicted octanol–water partition coefficient (Wildman–Crippen LogP) is 2.58. The Labute approximate surface area is 101 Å². The summed E-state index contributed by atoms with van der Waals surface area (Å²) in [6.45, 7) is 4.33. The molecule has 0 radical (unpaired) electrons. The lowest BCUT2D eigenvalue weighted by Gasteiger charge is -2.08. The van der Waals surface area contributed by atoms with E-state index in [0.717, 1.165) is 10.4 Å². The van der Waals surface area contributed by atoms with Gasteiger partial charge in [-0.1, -0.05) is 5.16 Å². The first-order valence-electron chi connectivity index (χ1n) is 4.93. The van der Waals surface area contributed by atoms with Crippen molar-refractivity contribution in [3.8, 4) is 0 Å². The first-order chi connectivity index (χ1) is 7.65. The molecule has 0 aromatic carbocycles. The van der Waals surface area contributed by atoms with Crippen LogP contribution in [0.4, 0.5) is 0 Å². The highest BCUT2D eigenvalue weighted by molar-refractivity contribution is 9.10. The van der Waals surface area contributed by atoms with E-state index in [1.54, 1.807) is 6.92 Å². The molecule has 0 aliphatic rings. The summed E-state index contributed by atoms with van der Waals surface area (Å²) >= 11 is 3.27. The Kier molecular flexibility index (Phi) is 3.40. The summed E-state index contributed by atoms with van der Waals surface area (Å²) in [7, 11) is 0. The zero-order valence-electron chi connectivity index (χ0n) is 9.03. The third-order valence-corrected chi connectivity index (χ3v) is 2.58. The molecule has 0 fully saturated rings. The normalized spacial score (nSPS) is 12.9. The number of nitrogens with one attached hydrogen (secondary N) is 1. The fourth-order valence-corrected chi connectivity index (χ4v) is 1.64. The zero-order valence-corrected chi connectivity index (χ0v) is 10.6. The maximum Gasteiger partial charge on any atom is 0.223 e. The van der Waals surface area contributed by atoms with E-state index in [-0.39, 0.29) is 6.04 Å². The van der Waals surface area contributed by atoms with Gasteiger partial charge in [0.15, 0.2) is 10.5 Å². The van der Waals surface area contributed by atoms with Gasteiger partial charge in [0.2, 0.25) is 5.89 Å². The maximum atomic E-state index is 5.43. The second-order valence-electron chi connectivity index (χ2n) is 3.47. The minimum atomic E-state index is 0.102. The van der Waals surface area contributed by atoms with Crippen LogP contribution in [0.25, 0.3) is 0 Å². The molecule has 5 nitrogen and oxygen atoms in total. The average Bonchev–Trinajstić information content (AvgIpc) is 2.84. The van der Waals surface area contributed by atoms with E-state index in [1.807, 2.05) is 19.1 Å². The molecule has 6 heteroatoms. The Morgan fingerprint density at radius 3 is 2.88 bits per heavy atom. The van der Waals surface area contributed by atoms with Crippen LogP contribution in [0.5, 0.6) is 0 Å². The quantitative estimate of drug-likeness (QED) is 0.935. The molecule has 0 amide bonds. The SMILES string of the molecule is Cc1nc(CNC(C)c2ccc(Br)o2)no1. The molecule has 0 bridgehead atoms. The van der Waals surface area contributed by atoms with Gasteiger partial charge in [-0.15, -0.1) is 0 Å². The summed E-state index contributed by atoms with van der Waals surface area (Å²) in [4.78, 5) is 4.10. The van der Waals surface area contributed by atoms with Crippen LogP contribution in [0.3, 0.4) is 0 Å². The van der Waals surface area contributed by atoms with Crippen molar-refractivity contribution in [2.75, 3.05) is 0 Å². The predicted molar refractivity (Wildman–Crippen MR) is 60.7 cm³/mol. The number of aryl methyl sites for hydroxylation is 1. The van der Waals surface area contributed by atoms with Gasteiger partial charge >= 0.3 is 0 Å². The van der Waals surface area contributed by atoms with Crippen LogP contribution in [-0.4, -0.2) is 10.1 Å². The molecule has 0 aliphatic carbocycles. The molecular formula is C10H12BrN3O2. The van der Waals surface area contributed by atoms with Gasteiger partial charge in [-0.2, -0.15) is 4.98 Å². The number of halogens is 1. The molecule has 2 aromatic rings. The number of nitrogens with zero attached hydrogens (tertiary/aromatic N) is 2. The lowest BCUT2D eigenvalue weighted by molar-refractivity contribution is 0.378.